The van der Waals surface area contributed by atoms with Crippen LogP contribution in [0.15, 0.2) is 24.3 Å². The van der Waals surface area contributed by atoms with Crippen LogP contribution >= 0.6 is 0 Å². The lowest BCUT2D eigenvalue weighted by atomic mass is 9.91. The molecule has 3 rings (SSSR count). The predicted octanol–water partition coefficient (Wildman–Crippen LogP) is 5.29. The SMILES string of the molecule is CC.CC.CCOC(=O)c1cc2cc(C3CCOCC3)ccc2[nH]1. The smallest absolute Gasteiger partial charge is 0.354 e. The van der Waals surface area contributed by atoms with Gasteiger partial charge in [0.2, 0.25) is 0 Å². The van der Waals surface area contributed by atoms with Crippen LogP contribution in [0.4, 0.5) is 0 Å². The predicted molar refractivity (Wildman–Crippen MR) is 99.7 cm³/mol. The zero-order valence-electron chi connectivity index (χ0n) is 15.6. The average Bonchev–Trinajstić information content (AvgIpc) is 3.09. The van der Waals surface area contributed by atoms with Crippen molar-refractivity contribution in [2.75, 3.05) is 19.8 Å². The van der Waals surface area contributed by atoms with Crippen molar-refractivity contribution in [2.24, 2.45) is 0 Å². The Morgan fingerprint density at radius 1 is 1.17 bits per heavy atom. The fourth-order valence-electron chi connectivity index (χ4n) is 2.75. The Morgan fingerprint density at radius 3 is 2.46 bits per heavy atom. The Hall–Kier alpha value is -1.81. The lowest BCUT2D eigenvalue weighted by Gasteiger charge is -2.22. The standard InChI is InChI=1S/C16H19NO3.2C2H6/c1-2-20-16(18)15-10-13-9-12(3-4-14(13)17-15)11-5-7-19-8-6-11;2*1-2/h3-4,9-11,17H,2,5-8H2,1H3;2*1-2H3. The molecule has 0 amide bonds. The number of esters is 1. The number of hydrogen-bond acceptors (Lipinski definition) is 3. The van der Waals surface area contributed by atoms with Crippen molar-refractivity contribution in [1.29, 1.82) is 0 Å². The summed E-state index contributed by atoms with van der Waals surface area (Å²) in [6.07, 6.45) is 2.14. The first-order valence-corrected chi connectivity index (χ1v) is 9.15. The largest absolute Gasteiger partial charge is 0.461 e. The molecule has 0 saturated carbocycles. The lowest BCUT2D eigenvalue weighted by Crippen LogP contribution is -2.13. The van der Waals surface area contributed by atoms with Crippen LogP contribution in [0, 0.1) is 0 Å². The maximum atomic E-state index is 11.7. The number of rotatable bonds is 3. The second kappa shape index (κ2) is 10.9. The normalized spacial score (nSPS) is 14.2. The molecule has 0 radical (unpaired) electrons. The van der Waals surface area contributed by atoms with Crippen molar-refractivity contribution in [2.45, 2.75) is 53.4 Å². The molecule has 1 saturated heterocycles. The van der Waals surface area contributed by atoms with Crippen molar-refractivity contribution in [1.82, 2.24) is 4.98 Å². The Bertz CT molecular complexity index is 612. The van der Waals surface area contributed by atoms with Gasteiger partial charge in [0.25, 0.3) is 0 Å². The van der Waals surface area contributed by atoms with Crippen LogP contribution < -0.4 is 0 Å². The molecule has 0 unspecified atom stereocenters. The maximum Gasteiger partial charge on any atom is 0.354 e. The van der Waals surface area contributed by atoms with Gasteiger partial charge in [-0.3, -0.25) is 0 Å². The minimum absolute atomic E-state index is 0.295. The highest BCUT2D eigenvalue weighted by Gasteiger charge is 2.17. The number of aromatic nitrogens is 1. The summed E-state index contributed by atoms with van der Waals surface area (Å²) in [7, 11) is 0. The molecule has 1 fully saturated rings. The molecule has 0 bridgehead atoms. The van der Waals surface area contributed by atoms with E-state index in [1.165, 1.54) is 5.56 Å². The van der Waals surface area contributed by atoms with Gasteiger partial charge in [-0.05, 0) is 49.4 Å². The van der Waals surface area contributed by atoms with Gasteiger partial charge in [-0.25, -0.2) is 4.79 Å². The number of ether oxygens (including phenoxy) is 2. The van der Waals surface area contributed by atoms with Crippen LogP contribution in [-0.4, -0.2) is 30.8 Å². The van der Waals surface area contributed by atoms with Gasteiger partial charge in [0.05, 0.1) is 6.61 Å². The Morgan fingerprint density at radius 2 is 1.83 bits per heavy atom. The van der Waals surface area contributed by atoms with Gasteiger partial charge >= 0.3 is 5.97 Å². The van der Waals surface area contributed by atoms with Gasteiger partial charge in [-0.1, -0.05) is 33.8 Å². The van der Waals surface area contributed by atoms with E-state index in [0.717, 1.165) is 37.0 Å². The second-order valence-electron chi connectivity index (χ2n) is 5.14. The Labute approximate surface area is 145 Å². The van der Waals surface area contributed by atoms with E-state index in [-0.39, 0.29) is 5.97 Å². The van der Waals surface area contributed by atoms with Crippen LogP contribution in [0.2, 0.25) is 0 Å². The third-order valence-corrected chi connectivity index (χ3v) is 3.83. The van der Waals surface area contributed by atoms with Crippen LogP contribution in [0.3, 0.4) is 0 Å². The van der Waals surface area contributed by atoms with Gasteiger partial charge in [-0.2, -0.15) is 0 Å². The first-order valence-electron chi connectivity index (χ1n) is 9.15. The Kier molecular flexibility index (Phi) is 9.16. The number of benzene rings is 1. The molecular formula is C20H31NO3. The van der Waals surface area contributed by atoms with Gasteiger partial charge in [0.1, 0.15) is 5.69 Å². The topological polar surface area (TPSA) is 51.3 Å². The monoisotopic (exact) mass is 333 g/mol. The molecule has 2 aromatic rings. The number of aromatic amines is 1. The van der Waals surface area contributed by atoms with Crippen molar-refractivity contribution in [3.8, 4) is 0 Å². The Balaban J connectivity index is 0.000000671. The highest BCUT2D eigenvalue weighted by atomic mass is 16.5. The van der Waals surface area contributed by atoms with E-state index < -0.39 is 0 Å². The molecule has 4 heteroatoms. The van der Waals surface area contributed by atoms with E-state index in [1.807, 2.05) is 46.8 Å². The van der Waals surface area contributed by atoms with E-state index in [1.54, 1.807) is 0 Å². The van der Waals surface area contributed by atoms with Crippen molar-refractivity contribution >= 4 is 16.9 Å². The highest BCUT2D eigenvalue weighted by Crippen LogP contribution is 2.29. The van der Waals surface area contributed by atoms with E-state index in [0.29, 0.717) is 18.2 Å². The molecule has 1 N–H and O–H groups in total. The van der Waals surface area contributed by atoms with Gasteiger partial charge in [0.15, 0.2) is 0 Å². The zero-order valence-corrected chi connectivity index (χ0v) is 15.6. The molecular weight excluding hydrogens is 302 g/mol. The van der Waals surface area contributed by atoms with Crippen molar-refractivity contribution in [3.05, 3.63) is 35.5 Å². The molecule has 1 aliphatic heterocycles. The summed E-state index contributed by atoms with van der Waals surface area (Å²) in [6.45, 7) is 11.9. The summed E-state index contributed by atoms with van der Waals surface area (Å²) in [6, 6.07) is 8.23. The summed E-state index contributed by atoms with van der Waals surface area (Å²) < 4.78 is 10.4. The van der Waals surface area contributed by atoms with Crippen LogP contribution in [0.5, 0.6) is 0 Å². The van der Waals surface area contributed by atoms with Crippen LogP contribution in [0.1, 0.15) is 69.4 Å². The third-order valence-electron chi connectivity index (χ3n) is 3.83. The summed E-state index contributed by atoms with van der Waals surface area (Å²) >= 11 is 0. The first kappa shape index (κ1) is 20.2. The zero-order chi connectivity index (χ0) is 17.9. The van der Waals surface area contributed by atoms with Crippen LogP contribution in [-0.2, 0) is 9.47 Å². The van der Waals surface area contributed by atoms with Gasteiger partial charge in [-0.15, -0.1) is 0 Å². The summed E-state index contributed by atoms with van der Waals surface area (Å²) in [5, 5.41) is 1.07. The fourth-order valence-corrected chi connectivity index (χ4v) is 2.75. The fraction of sp³-hybridized carbons (Fsp3) is 0.550. The molecule has 1 aliphatic rings. The first-order chi connectivity index (χ1) is 11.8. The summed E-state index contributed by atoms with van der Waals surface area (Å²) in [4.78, 5) is 14.8. The lowest BCUT2D eigenvalue weighted by molar-refractivity contribution is 0.0520. The number of H-pyrrole nitrogens is 1. The molecule has 1 aromatic heterocycles. The maximum absolute atomic E-state index is 11.7. The van der Waals surface area contributed by atoms with E-state index in [9.17, 15) is 4.79 Å². The number of carbonyl (C=O) groups is 1. The van der Waals surface area contributed by atoms with Crippen LogP contribution in [0.25, 0.3) is 10.9 Å². The molecule has 2 heterocycles. The second-order valence-corrected chi connectivity index (χ2v) is 5.14. The molecule has 4 nitrogen and oxygen atoms in total. The van der Waals surface area contributed by atoms with Crippen molar-refractivity contribution in [3.63, 3.8) is 0 Å². The average molecular weight is 333 g/mol. The minimum Gasteiger partial charge on any atom is -0.461 e. The number of nitrogens with one attached hydrogen (secondary N) is 1. The number of fused-ring (bicyclic) bond motifs is 1. The molecule has 0 spiro atoms. The molecule has 134 valence electrons. The van der Waals surface area contributed by atoms with Crippen molar-refractivity contribution < 1.29 is 14.3 Å². The number of carbonyl (C=O) groups excluding carboxylic acids is 1. The third kappa shape index (κ3) is 5.10. The molecule has 1 aromatic carbocycles. The quantitative estimate of drug-likeness (QED) is 0.776. The van der Waals surface area contributed by atoms with Gasteiger partial charge < -0.3 is 14.5 Å². The summed E-state index contributed by atoms with van der Waals surface area (Å²) in [5.74, 6) is 0.269. The van der Waals surface area contributed by atoms with E-state index >= 15 is 0 Å². The molecule has 0 aliphatic carbocycles. The van der Waals surface area contributed by atoms with Gasteiger partial charge in [0, 0.05) is 24.1 Å². The minimum atomic E-state index is -0.295. The summed E-state index contributed by atoms with van der Waals surface area (Å²) in [5.41, 5.74) is 2.82. The van der Waals surface area contributed by atoms with E-state index in [2.05, 4.69) is 17.1 Å². The highest BCUT2D eigenvalue weighted by molar-refractivity contribution is 5.95. The van der Waals surface area contributed by atoms with E-state index in [4.69, 9.17) is 9.47 Å². The number of hydrogen-bond donors (Lipinski definition) is 1. The molecule has 24 heavy (non-hydrogen) atoms. The molecule has 0 atom stereocenters.